The molecule has 0 bridgehead atoms. The van der Waals surface area contributed by atoms with Gasteiger partial charge in [0.2, 0.25) is 0 Å². The second-order valence-corrected chi connectivity index (χ2v) is 4.01. The molecular formula is C10H15N3O. The molecule has 0 aromatic carbocycles. The Bertz CT molecular complexity index is 347. The third kappa shape index (κ3) is 1.65. The van der Waals surface area contributed by atoms with Crippen molar-refractivity contribution in [3.63, 3.8) is 0 Å². The van der Waals surface area contributed by atoms with Crippen LogP contribution in [0.4, 0.5) is 11.5 Å². The molecule has 1 aliphatic carbocycles. The highest BCUT2D eigenvalue weighted by atomic mass is 16.3. The minimum atomic E-state index is -0.156. The van der Waals surface area contributed by atoms with Crippen LogP contribution in [0.2, 0.25) is 0 Å². The van der Waals surface area contributed by atoms with Gasteiger partial charge in [0.15, 0.2) is 0 Å². The number of aryl methyl sites for hydroxylation is 1. The van der Waals surface area contributed by atoms with Gasteiger partial charge < -0.3 is 16.2 Å². The summed E-state index contributed by atoms with van der Waals surface area (Å²) >= 11 is 0. The Labute approximate surface area is 83.2 Å². The van der Waals surface area contributed by atoms with Crippen LogP contribution in [-0.4, -0.2) is 22.2 Å². The molecule has 1 saturated carbocycles. The highest BCUT2D eigenvalue weighted by molar-refractivity contribution is 5.63. The fourth-order valence-electron chi connectivity index (χ4n) is 1.42. The topological polar surface area (TPSA) is 71.2 Å². The summed E-state index contributed by atoms with van der Waals surface area (Å²) in [6.45, 7) is 2.09. The van der Waals surface area contributed by atoms with Crippen LogP contribution in [0.15, 0.2) is 12.3 Å². The number of rotatable bonds is 3. The Morgan fingerprint density at radius 1 is 1.64 bits per heavy atom. The van der Waals surface area contributed by atoms with Crippen LogP contribution in [0.3, 0.4) is 0 Å². The molecule has 2 rings (SSSR count). The minimum absolute atomic E-state index is 0.141. The SMILES string of the molecule is Cc1cnc(NC2(CO)CC2)c(N)c1. The molecule has 0 radical (unpaired) electrons. The van der Waals surface area contributed by atoms with Crippen molar-refractivity contribution in [2.24, 2.45) is 0 Å². The van der Waals surface area contributed by atoms with Gasteiger partial charge in [0.25, 0.3) is 0 Å². The van der Waals surface area contributed by atoms with Gasteiger partial charge in [-0.25, -0.2) is 4.98 Å². The van der Waals surface area contributed by atoms with Crippen LogP contribution in [-0.2, 0) is 0 Å². The zero-order valence-electron chi connectivity index (χ0n) is 8.25. The fraction of sp³-hybridized carbons (Fsp3) is 0.500. The first-order valence-electron chi connectivity index (χ1n) is 4.76. The number of nitrogen functional groups attached to an aromatic ring is 1. The molecule has 1 aromatic rings. The van der Waals surface area contributed by atoms with Gasteiger partial charge in [0.1, 0.15) is 5.82 Å². The second-order valence-electron chi connectivity index (χ2n) is 4.01. The van der Waals surface area contributed by atoms with E-state index in [9.17, 15) is 0 Å². The average molecular weight is 193 g/mol. The Kier molecular flexibility index (Phi) is 2.07. The molecule has 1 aromatic heterocycles. The van der Waals surface area contributed by atoms with Crippen LogP contribution >= 0.6 is 0 Å². The van der Waals surface area contributed by atoms with E-state index in [-0.39, 0.29) is 12.1 Å². The van der Waals surface area contributed by atoms with Gasteiger partial charge in [0, 0.05) is 6.20 Å². The molecule has 4 nitrogen and oxygen atoms in total. The first-order chi connectivity index (χ1) is 6.65. The number of nitrogens with zero attached hydrogens (tertiary/aromatic N) is 1. The highest BCUT2D eigenvalue weighted by Gasteiger charge is 2.42. The summed E-state index contributed by atoms with van der Waals surface area (Å²) < 4.78 is 0. The van der Waals surface area contributed by atoms with E-state index in [0.29, 0.717) is 11.5 Å². The molecule has 0 amide bonds. The van der Waals surface area contributed by atoms with E-state index in [4.69, 9.17) is 10.8 Å². The number of nitrogens with one attached hydrogen (secondary N) is 1. The summed E-state index contributed by atoms with van der Waals surface area (Å²) in [5.41, 5.74) is 7.33. The number of anilines is 2. The quantitative estimate of drug-likeness (QED) is 0.667. The van der Waals surface area contributed by atoms with E-state index in [1.165, 1.54) is 0 Å². The number of pyridine rings is 1. The number of hydrogen-bond acceptors (Lipinski definition) is 4. The van der Waals surface area contributed by atoms with Crippen LogP contribution < -0.4 is 11.1 Å². The number of aliphatic hydroxyl groups excluding tert-OH is 1. The molecule has 0 aliphatic heterocycles. The van der Waals surface area contributed by atoms with Crippen molar-refractivity contribution in [2.45, 2.75) is 25.3 Å². The maximum atomic E-state index is 9.13. The molecule has 1 fully saturated rings. The summed E-state index contributed by atoms with van der Waals surface area (Å²) in [7, 11) is 0. The third-order valence-electron chi connectivity index (χ3n) is 2.59. The average Bonchev–Trinajstić information content (AvgIpc) is 2.91. The predicted molar refractivity (Wildman–Crippen MR) is 56.1 cm³/mol. The summed E-state index contributed by atoms with van der Waals surface area (Å²) in [5.74, 6) is 0.683. The van der Waals surface area contributed by atoms with Crippen molar-refractivity contribution in [3.8, 4) is 0 Å². The standard InChI is InChI=1S/C10H15N3O/c1-7-4-8(11)9(12-5-7)13-10(6-14)2-3-10/h4-5,14H,2-3,6,11H2,1H3,(H,12,13). The summed E-state index contributed by atoms with van der Waals surface area (Å²) in [5, 5.41) is 12.3. The number of nitrogens with two attached hydrogens (primary N) is 1. The summed E-state index contributed by atoms with van der Waals surface area (Å²) in [6.07, 6.45) is 3.74. The van der Waals surface area contributed by atoms with Crippen molar-refractivity contribution in [1.82, 2.24) is 4.98 Å². The van der Waals surface area contributed by atoms with E-state index in [1.54, 1.807) is 6.20 Å². The van der Waals surface area contributed by atoms with E-state index in [0.717, 1.165) is 18.4 Å². The van der Waals surface area contributed by atoms with Gasteiger partial charge in [-0.05, 0) is 31.4 Å². The number of hydrogen-bond donors (Lipinski definition) is 3. The lowest BCUT2D eigenvalue weighted by molar-refractivity contribution is 0.266. The Hall–Kier alpha value is -1.29. The Morgan fingerprint density at radius 2 is 2.36 bits per heavy atom. The van der Waals surface area contributed by atoms with Crippen LogP contribution in [0, 0.1) is 6.92 Å². The van der Waals surface area contributed by atoms with E-state index >= 15 is 0 Å². The zero-order valence-corrected chi connectivity index (χ0v) is 8.25. The molecule has 0 spiro atoms. The molecule has 1 aliphatic rings. The van der Waals surface area contributed by atoms with E-state index < -0.39 is 0 Å². The lowest BCUT2D eigenvalue weighted by Gasteiger charge is -2.16. The molecule has 0 unspecified atom stereocenters. The zero-order chi connectivity index (χ0) is 10.2. The maximum Gasteiger partial charge on any atom is 0.149 e. The van der Waals surface area contributed by atoms with E-state index in [2.05, 4.69) is 10.3 Å². The molecule has 0 saturated heterocycles. The monoisotopic (exact) mass is 193 g/mol. The van der Waals surface area contributed by atoms with Gasteiger partial charge in [-0.2, -0.15) is 0 Å². The van der Waals surface area contributed by atoms with Gasteiger partial charge >= 0.3 is 0 Å². The molecular weight excluding hydrogens is 178 g/mol. The van der Waals surface area contributed by atoms with E-state index in [1.807, 2.05) is 13.0 Å². The highest BCUT2D eigenvalue weighted by Crippen LogP contribution is 2.38. The lowest BCUT2D eigenvalue weighted by Crippen LogP contribution is -2.26. The molecule has 1 heterocycles. The van der Waals surface area contributed by atoms with Crippen LogP contribution in [0.5, 0.6) is 0 Å². The van der Waals surface area contributed by atoms with Crippen molar-refractivity contribution < 1.29 is 5.11 Å². The molecule has 0 atom stereocenters. The Balaban J connectivity index is 2.17. The van der Waals surface area contributed by atoms with Crippen molar-refractivity contribution in [3.05, 3.63) is 17.8 Å². The Morgan fingerprint density at radius 3 is 2.86 bits per heavy atom. The van der Waals surface area contributed by atoms with Crippen molar-refractivity contribution in [1.29, 1.82) is 0 Å². The van der Waals surface area contributed by atoms with Crippen LogP contribution in [0.25, 0.3) is 0 Å². The molecule has 14 heavy (non-hydrogen) atoms. The predicted octanol–water partition coefficient (Wildman–Crippen LogP) is 0.909. The number of aromatic nitrogens is 1. The van der Waals surface area contributed by atoms with Crippen molar-refractivity contribution >= 4 is 11.5 Å². The first-order valence-corrected chi connectivity index (χ1v) is 4.76. The summed E-state index contributed by atoms with van der Waals surface area (Å²) in [4.78, 5) is 4.20. The minimum Gasteiger partial charge on any atom is -0.396 e. The lowest BCUT2D eigenvalue weighted by atomic mass is 10.2. The molecule has 4 N–H and O–H groups in total. The molecule has 4 heteroatoms. The first kappa shape index (κ1) is 9.27. The normalized spacial score (nSPS) is 17.9. The number of aliphatic hydroxyl groups is 1. The van der Waals surface area contributed by atoms with Crippen LogP contribution in [0.1, 0.15) is 18.4 Å². The van der Waals surface area contributed by atoms with Gasteiger partial charge in [-0.1, -0.05) is 0 Å². The second kappa shape index (κ2) is 3.13. The fourth-order valence-corrected chi connectivity index (χ4v) is 1.42. The molecule has 76 valence electrons. The maximum absolute atomic E-state index is 9.13. The summed E-state index contributed by atoms with van der Waals surface area (Å²) in [6, 6.07) is 1.88. The van der Waals surface area contributed by atoms with Gasteiger partial charge in [-0.3, -0.25) is 0 Å². The van der Waals surface area contributed by atoms with Crippen molar-refractivity contribution in [2.75, 3.05) is 17.7 Å². The third-order valence-corrected chi connectivity index (χ3v) is 2.59. The van der Waals surface area contributed by atoms with Gasteiger partial charge in [0.05, 0.1) is 17.8 Å². The smallest absolute Gasteiger partial charge is 0.149 e. The largest absolute Gasteiger partial charge is 0.396 e. The van der Waals surface area contributed by atoms with Gasteiger partial charge in [-0.15, -0.1) is 0 Å².